The van der Waals surface area contributed by atoms with Gasteiger partial charge in [-0.05, 0) is 18.6 Å². The van der Waals surface area contributed by atoms with Gasteiger partial charge >= 0.3 is 0 Å². The summed E-state index contributed by atoms with van der Waals surface area (Å²) < 4.78 is 0. The van der Waals surface area contributed by atoms with Crippen molar-refractivity contribution in [2.45, 2.75) is 32.9 Å². The van der Waals surface area contributed by atoms with E-state index in [0.29, 0.717) is 17.2 Å². The van der Waals surface area contributed by atoms with Gasteiger partial charge in [-0.3, -0.25) is 0 Å². The summed E-state index contributed by atoms with van der Waals surface area (Å²) in [5.74, 6) is 0. The molecule has 1 rings (SSSR count). The van der Waals surface area contributed by atoms with Crippen molar-refractivity contribution in [2.24, 2.45) is 0 Å². The molecule has 0 aliphatic rings. The summed E-state index contributed by atoms with van der Waals surface area (Å²) in [6.45, 7) is 6.37. The van der Waals surface area contributed by atoms with Crippen LogP contribution in [0.1, 0.15) is 32.4 Å². The second-order valence-electron chi connectivity index (χ2n) is 3.46. The summed E-state index contributed by atoms with van der Waals surface area (Å²) in [7, 11) is 0. The number of hydrogen-bond donors (Lipinski definition) is 1. The number of pyridine rings is 1. The molecule has 0 aromatic carbocycles. The number of nitrogens with one attached hydrogen (secondary N) is 1. The number of rotatable bonds is 3. The molecule has 1 atom stereocenters. The molecule has 0 fully saturated rings. The molecule has 0 saturated carbocycles. The van der Waals surface area contributed by atoms with Gasteiger partial charge in [0, 0.05) is 18.3 Å². The van der Waals surface area contributed by atoms with Crippen LogP contribution in [-0.2, 0) is 0 Å². The lowest BCUT2D eigenvalue weighted by Crippen LogP contribution is -2.26. The molecule has 0 saturated heterocycles. The predicted molar refractivity (Wildman–Crippen MR) is 55.9 cm³/mol. The van der Waals surface area contributed by atoms with Crippen molar-refractivity contribution >= 4 is 11.6 Å². The van der Waals surface area contributed by atoms with Crippen molar-refractivity contribution < 1.29 is 0 Å². The normalized spacial score (nSPS) is 13.3. The maximum atomic E-state index is 5.69. The molecule has 1 N–H and O–H groups in total. The fourth-order valence-corrected chi connectivity index (χ4v) is 1.35. The Kier molecular flexibility index (Phi) is 3.70. The number of halogens is 1. The van der Waals surface area contributed by atoms with Crippen LogP contribution in [0.3, 0.4) is 0 Å². The van der Waals surface area contributed by atoms with Crippen LogP contribution in [0.5, 0.6) is 0 Å². The van der Waals surface area contributed by atoms with Gasteiger partial charge in [-0.25, -0.2) is 4.98 Å². The van der Waals surface area contributed by atoms with Gasteiger partial charge in [0.1, 0.15) is 5.15 Å². The van der Waals surface area contributed by atoms with Gasteiger partial charge in [0.2, 0.25) is 0 Å². The van der Waals surface area contributed by atoms with E-state index in [1.807, 2.05) is 18.3 Å². The molecule has 72 valence electrons. The highest BCUT2D eigenvalue weighted by atomic mass is 35.5. The van der Waals surface area contributed by atoms with Crippen LogP contribution in [-0.4, -0.2) is 11.0 Å². The molecule has 0 radical (unpaired) electrons. The Morgan fingerprint density at radius 1 is 1.31 bits per heavy atom. The van der Waals surface area contributed by atoms with Crippen molar-refractivity contribution in [3.8, 4) is 0 Å². The first-order valence-electron chi connectivity index (χ1n) is 4.47. The third-order valence-electron chi connectivity index (χ3n) is 1.83. The first kappa shape index (κ1) is 10.5. The molecule has 0 bridgehead atoms. The van der Waals surface area contributed by atoms with Gasteiger partial charge in [0.25, 0.3) is 0 Å². The molecule has 1 heterocycles. The first-order chi connectivity index (χ1) is 6.09. The lowest BCUT2D eigenvalue weighted by molar-refractivity contribution is 0.505. The van der Waals surface area contributed by atoms with Crippen molar-refractivity contribution in [1.29, 1.82) is 0 Å². The van der Waals surface area contributed by atoms with E-state index in [2.05, 4.69) is 31.1 Å². The SMILES string of the molecule is CC(C)NC(C)c1ccc(Cl)nc1. The summed E-state index contributed by atoms with van der Waals surface area (Å²) in [5, 5.41) is 3.94. The van der Waals surface area contributed by atoms with Crippen molar-refractivity contribution in [1.82, 2.24) is 10.3 Å². The summed E-state index contributed by atoms with van der Waals surface area (Å²) in [6.07, 6.45) is 1.81. The molecule has 1 unspecified atom stereocenters. The van der Waals surface area contributed by atoms with Crippen LogP contribution < -0.4 is 5.32 Å². The lowest BCUT2D eigenvalue weighted by atomic mass is 10.1. The second-order valence-corrected chi connectivity index (χ2v) is 3.84. The molecule has 0 aliphatic carbocycles. The number of aromatic nitrogens is 1. The third-order valence-corrected chi connectivity index (χ3v) is 2.06. The van der Waals surface area contributed by atoms with Crippen LogP contribution in [0.25, 0.3) is 0 Å². The highest BCUT2D eigenvalue weighted by molar-refractivity contribution is 6.29. The van der Waals surface area contributed by atoms with Crippen molar-refractivity contribution in [3.05, 3.63) is 29.0 Å². The largest absolute Gasteiger partial charge is 0.308 e. The average Bonchev–Trinajstić information content (AvgIpc) is 2.04. The first-order valence-corrected chi connectivity index (χ1v) is 4.85. The van der Waals surface area contributed by atoms with E-state index in [-0.39, 0.29) is 0 Å². The monoisotopic (exact) mass is 198 g/mol. The highest BCUT2D eigenvalue weighted by Crippen LogP contribution is 2.13. The highest BCUT2D eigenvalue weighted by Gasteiger charge is 2.05. The quantitative estimate of drug-likeness (QED) is 0.756. The van der Waals surface area contributed by atoms with E-state index in [4.69, 9.17) is 11.6 Å². The van der Waals surface area contributed by atoms with E-state index < -0.39 is 0 Å². The van der Waals surface area contributed by atoms with Crippen LogP contribution >= 0.6 is 11.6 Å². The summed E-state index contributed by atoms with van der Waals surface area (Å²) in [4.78, 5) is 4.03. The van der Waals surface area contributed by atoms with Crippen molar-refractivity contribution in [2.75, 3.05) is 0 Å². The Morgan fingerprint density at radius 3 is 2.46 bits per heavy atom. The standard InChI is InChI=1S/C10H15ClN2/c1-7(2)13-8(3)9-4-5-10(11)12-6-9/h4-8,13H,1-3H3. The number of hydrogen-bond acceptors (Lipinski definition) is 2. The maximum Gasteiger partial charge on any atom is 0.129 e. The van der Waals surface area contributed by atoms with Gasteiger partial charge in [-0.2, -0.15) is 0 Å². The Labute approximate surface area is 84.3 Å². The molecule has 0 spiro atoms. The zero-order valence-electron chi connectivity index (χ0n) is 8.21. The Bertz CT molecular complexity index is 256. The minimum atomic E-state index is 0.324. The van der Waals surface area contributed by atoms with E-state index in [1.165, 1.54) is 0 Å². The topological polar surface area (TPSA) is 24.9 Å². The van der Waals surface area contributed by atoms with Gasteiger partial charge in [0.05, 0.1) is 0 Å². The molecule has 1 aromatic heterocycles. The van der Waals surface area contributed by atoms with Gasteiger partial charge in [-0.15, -0.1) is 0 Å². The summed E-state index contributed by atoms with van der Waals surface area (Å²) in [5.41, 5.74) is 1.16. The van der Waals surface area contributed by atoms with Gasteiger partial charge in [-0.1, -0.05) is 31.5 Å². The molecule has 0 amide bonds. The van der Waals surface area contributed by atoms with E-state index in [9.17, 15) is 0 Å². The Morgan fingerprint density at radius 2 is 2.00 bits per heavy atom. The van der Waals surface area contributed by atoms with Crippen LogP contribution in [0.4, 0.5) is 0 Å². The summed E-state index contributed by atoms with van der Waals surface area (Å²) >= 11 is 5.69. The zero-order chi connectivity index (χ0) is 9.84. The van der Waals surface area contributed by atoms with E-state index in [1.54, 1.807) is 0 Å². The van der Waals surface area contributed by atoms with Crippen molar-refractivity contribution in [3.63, 3.8) is 0 Å². The minimum absolute atomic E-state index is 0.324. The average molecular weight is 199 g/mol. The molecule has 2 nitrogen and oxygen atoms in total. The minimum Gasteiger partial charge on any atom is -0.308 e. The lowest BCUT2D eigenvalue weighted by Gasteiger charge is -2.16. The molecule has 3 heteroatoms. The van der Waals surface area contributed by atoms with Gasteiger partial charge < -0.3 is 5.32 Å². The molecule has 13 heavy (non-hydrogen) atoms. The maximum absolute atomic E-state index is 5.69. The predicted octanol–water partition coefficient (Wildman–Crippen LogP) is 2.79. The van der Waals surface area contributed by atoms with E-state index in [0.717, 1.165) is 5.56 Å². The summed E-state index contributed by atoms with van der Waals surface area (Å²) in [6, 6.07) is 4.61. The molecule has 0 aliphatic heterocycles. The fraction of sp³-hybridized carbons (Fsp3) is 0.500. The van der Waals surface area contributed by atoms with Gasteiger partial charge in [0.15, 0.2) is 0 Å². The number of nitrogens with zero attached hydrogens (tertiary/aromatic N) is 1. The zero-order valence-corrected chi connectivity index (χ0v) is 8.97. The fourth-order valence-electron chi connectivity index (χ4n) is 1.24. The Hall–Kier alpha value is -0.600. The third kappa shape index (κ3) is 3.33. The van der Waals surface area contributed by atoms with Crippen LogP contribution in [0, 0.1) is 0 Å². The van der Waals surface area contributed by atoms with Crippen LogP contribution in [0.15, 0.2) is 18.3 Å². The smallest absolute Gasteiger partial charge is 0.129 e. The van der Waals surface area contributed by atoms with E-state index >= 15 is 0 Å². The molecular formula is C10H15ClN2. The Balaban J connectivity index is 2.66. The van der Waals surface area contributed by atoms with Crippen LogP contribution in [0.2, 0.25) is 5.15 Å². The molecular weight excluding hydrogens is 184 g/mol. The second kappa shape index (κ2) is 4.58. The molecule has 1 aromatic rings.